The highest BCUT2D eigenvalue weighted by Crippen LogP contribution is 2.30. The molecule has 5 rings (SSSR count). The van der Waals surface area contributed by atoms with Gasteiger partial charge in [-0.3, -0.25) is 9.20 Å². The van der Waals surface area contributed by atoms with Crippen molar-refractivity contribution in [3.8, 4) is 11.3 Å². The van der Waals surface area contributed by atoms with Crippen molar-refractivity contribution in [2.45, 2.75) is 59.0 Å². The Labute approximate surface area is 225 Å². The highest BCUT2D eigenvalue weighted by Gasteiger charge is 2.28. The van der Waals surface area contributed by atoms with Crippen molar-refractivity contribution in [2.24, 2.45) is 0 Å². The third-order valence-electron chi connectivity index (χ3n) is 6.56. The number of aromatic nitrogens is 4. The maximum absolute atomic E-state index is 14.8. The molecule has 0 unspecified atom stereocenters. The standard InChI is InChI=1S/C28H31FN6O4/c1-16-24(38-17(2)31-16)25(36)32-20-6-7-22(29)21(12-20)23-15-35-14-19(13-30-26(35)33-23)18-8-10-34(11-9-18)27(37)39-28(3,4)5/h6-7,12-15,18H,8-11H2,1-5H3,(H,32,36). The third-order valence-corrected chi connectivity index (χ3v) is 6.56. The summed E-state index contributed by atoms with van der Waals surface area (Å²) < 4.78 is 27.5. The number of halogens is 1. The Bertz CT molecular complexity index is 1550. The molecule has 39 heavy (non-hydrogen) atoms. The van der Waals surface area contributed by atoms with Gasteiger partial charge in [0.1, 0.15) is 11.4 Å². The van der Waals surface area contributed by atoms with Crippen molar-refractivity contribution in [1.29, 1.82) is 0 Å². The Balaban J connectivity index is 1.31. The number of aryl methyl sites for hydroxylation is 2. The van der Waals surface area contributed by atoms with E-state index in [-0.39, 0.29) is 23.3 Å². The number of imidazole rings is 1. The zero-order valence-corrected chi connectivity index (χ0v) is 22.6. The Morgan fingerprint density at radius 1 is 1.13 bits per heavy atom. The van der Waals surface area contributed by atoms with Crippen LogP contribution in [-0.2, 0) is 4.74 Å². The summed E-state index contributed by atoms with van der Waals surface area (Å²) in [6.45, 7) is 10.1. The summed E-state index contributed by atoms with van der Waals surface area (Å²) in [5.41, 5.74) is 1.99. The number of hydrogen-bond acceptors (Lipinski definition) is 7. The Kier molecular flexibility index (Phi) is 6.83. The van der Waals surface area contributed by atoms with E-state index in [2.05, 4.69) is 20.3 Å². The number of rotatable bonds is 4. The number of nitrogens with one attached hydrogen (secondary N) is 1. The van der Waals surface area contributed by atoms with Crippen LogP contribution in [-0.4, -0.2) is 54.9 Å². The van der Waals surface area contributed by atoms with Crippen molar-refractivity contribution >= 4 is 23.5 Å². The first-order chi connectivity index (χ1) is 18.5. The van der Waals surface area contributed by atoms with Crippen molar-refractivity contribution in [3.63, 3.8) is 0 Å². The molecule has 10 nitrogen and oxygen atoms in total. The predicted molar refractivity (Wildman–Crippen MR) is 142 cm³/mol. The highest BCUT2D eigenvalue weighted by molar-refractivity contribution is 6.03. The summed E-state index contributed by atoms with van der Waals surface area (Å²) in [4.78, 5) is 39.9. The number of likely N-dealkylation sites (tertiary alicyclic amines) is 1. The van der Waals surface area contributed by atoms with Gasteiger partial charge in [0.2, 0.25) is 11.5 Å². The fraction of sp³-hybridized carbons (Fsp3) is 0.393. The molecule has 4 heterocycles. The lowest BCUT2D eigenvalue weighted by atomic mass is 9.91. The number of piperidine rings is 1. The summed E-state index contributed by atoms with van der Waals surface area (Å²) in [6, 6.07) is 4.29. The van der Waals surface area contributed by atoms with Gasteiger partial charge in [0, 0.05) is 49.9 Å². The Morgan fingerprint density at radius 2 is 1.87 bits per heavy atom. The van der Waals surface area contributed by atoms with Crippen molar-refractivity contribution in [1.82, 2.24) is 24.3 Å². The number of carbonyl (C=O) groups excluding carboxylic acids is 2. The molecule has 3 aromatic heterocycles. The minimum Gasteiger partial charge on any atom is -0.444 e. The number of amides is 2. The maximum Gasteiger partial charge on any atom is 0.410 e. The predicted octanol–water partition coefficient (Wildman–Crippen LogP) is 5.51. The molecule has 2 amide bonds. The first kappa shape index (κ1) is 26.3. The van der Waals surface area contributed by atoms with Crippen LogP contribution in [0.1, 0.15) is 67.2 Å². The first-order valence-electron chi connectivity index (χ1n) is 12.8. The van der Waals surface area contributed by atoms with Gasteiger partial charge in [-0.1, -0.05) is 0 Å². The molecular formula is C28H31FN6O4. The fourth-order valence-electron chi connectivity index (χ4n) is 4.69. The molecule has 0 radical (unpaired) electrons. The van der Waals surface area contributed by atoms with Crippen molar-refractivity contribution < 1.29 is 23.1 Å². The van der Waals surface area contributed by atoms with Crippen LogP contribution in [0.2, 0.25) is 0 Å². The molecule has 0 bridgehead atoms. The van der Waals surface area contributed by atoms with Crippen LogP contribution in [0, 0.1) is 19.7 Å². The van der Waals surface area contributed by atoms with E-state index in [0.717, 1.165) is 18.4 Å². The first-order valence-corrected chi connectivity index (χ1v) is 12.8. The second-order valence-electron chi connectivity index (χ2n) is 10.8. The van der Waals surface area contributed by atoms with Gasteiger partial charge in [0.05, 0.1) is 11.4 Å². The quantitative estimate of drug-likeness (QED) is 0.367. The summed E-state index contributed by atoms with van der Waals surface area (Å²) in [5, 5.41) is 2.73. The zero-order valence-electron chi connectivity index (χ0n) is 22.6. The van der Waals surface area contributed by atoms with Crippen molar-refractivity contribution in [3.05, 3.63) is 65.5 Å². The van der Waals surface area contributed by atoms with Gasteiger partial charge in [-0.2, -0.15) is 0 Å². The number of benzene rings is 1. The van der Waals surface area contributed by atoms with Crippen LogP contribution in [0.3, 0.4) is 0 Å². The van der Waals surface area contributed by atoms with Gasteiger partial charge in [-0.15, -0.1) is 0 Å². The molecule has 0 spiro atoms. The molecule has 204 valence electrons. The molecule has 1 fully saturated rings. The second kappa shape index (κ2) is 10.1. The summed E-state index contributed by atoms with van der Waals surface area (Å²) in [7, 11) is 0. The normalized spacial score (nSPS) is 14.6. The lowest BCUT2D eigenvalue weighted by molar-refractivity contribution is 0.0204. The van der Waals surface area contributed by atoms with E-state index < -0.39 is 17.3 Å². The molecule has 0 saturated carbocycles. The van der Waals surface area contributed by atoms with E-state index in [4.69, 9.17) is 9.15 Å². The SMILES string of the molecule is Cc1nc(C)c(C(=O)Nc2ccc(F)c(-c3cn4cc(C5CCN(C(=O)OC(C)(C)C)CC5)cnc4n3)c2)o1. The Hall–Kier alpha value is -4.28. The van der Waals surface area contributed by atoms with E-state index in [1.807, 2.05) is 27.0 Å². The number of carbonyl (C=O) groups is 2. The van der Waals surface area contributed by atoms with Crippen LogP contribution in [0.5, 0.6) is 0 Å². The summed E-state index contributed by atoms with van der Waals surface area (Å²) in [5.74, 6) is 0.219. The molecule has 4 aromatic rings. The monoisotopic (exact) mass is 534 g/mol. The van der Waals surface area contributed by atoms with E-state index in [1.54, 1.807) is 35.5 Å². The topological polar surface area (TPSA) is 115 Å². The lowest BCUT2D eigenvalue weighted by Gasteiger charge is -2.33. The summed E-state index contributed by atoms with van der Waals surface area (Å²) >= 11 is 0. The number of nitrogens with zero attached hydrogens (tertiary/aromatic N) is 5. The van der Waals surface area contributed by atoms with Crippen LogP contribution in [0.25, 0.3) is 17.0 Å². The molecule has 11 heteroatoms. The van der Waals surface area contributed by atoms with Crippen LogP contribution < -0.4 is 5.32 Å². The summed E-state index contributed by atoms with van der Waals surface area (Å²) in [6.07, 6.45) is 6.73. The molecule has 0 aliphatic carbocycles. The highest BCUT2D eigenvalue weighted by atomic mass is 19.1. The van der Waals surface area contributed by atoms with Gasteiger partial charge in [-0.05, 0) is 70.2 Å². The minimum atomic E-state index is -0.526. The van der Waals surface area contributed by atoms with Gasteiger partial charge in [0.25, 0.3) is 5.91 Å². The van der Waals surface area contributed by atoms with Crippen LogP contribution in [0.4, 0.5) is 14.9 Å². The molecule has 1 aliphatic heterocycles. The van der Waals surface area contributed by atoms with E-state index in [0.29, 0.717) is 41.8 Å². The number of fused-ring (bicyclic) bond motifs is 1. The maximum atomic E-state index is 14.8. The fourth-order valence-corrected chi connectivity index (χ4v) is 4.69. The molecule has 1 aliphatic rings. The van der Waals surface area contributed by atoms with Gasteiger partial charge < -0.3 is 19.4 Å². The lowest BCUT2D eigenvalue weighted by Crippen LogP contribution is -2.41. The smallest absolute Gasteiger partial charge is 0.410 e. The second-order valence-corrected chi connectivity index (χ2v) is 10.8. The largest absolute Gasteiger partial charge is 0.444 e. The average Bonchev–Trinajstić information content (AvgIpc) is 3.45. The van der Waals surface area contributed by atoms with Gasteiger partial charge in [0.15, 0.2) is 5.89 Å². The van der Waals surface area contributed by atoms with Crippen LogP contribution in [0.15, 0.2) is 41.2 Å². The third kappa shape index (κ3) is 5.76. The van der Waals surface area contributed by atoms with E-state index in [9.17, 15) is 14.0 Å². The van der Waals surface area contributed by atoms with Gasteiger partial charge in [-0.25, -0.2) is 24.1 Å². The number of hydrogen-bond donors (Lipinski definition) is 1. The molecule has 1 aromatic carbocycles. The Morgan fingerprint density at radius 3 is 2.54 bits per heavy atom. The molecule has 1 N–H and O–H groups in total. The zero-order chi connectivity index (χ0) is 27.9. The molecular weight excluding hydrogens is 503 g/mol. The number of ether oxygens (including phenoxy) is 1. The van der Waals surface area contributed by atoms with Crippen molar-refractivity contribution in [2.75, 3.05) is 18.4 Å². The average molecular weight is 535 g/mol. The molecule has 1 saturated heterocycles. The van der Waals surface area contributed by atoms with Gasteiger partial charge >= 0.3 is 6.09 Å². The van der Waals surface area contributed by atoms with Crippen LogP contribution >= 0.6 is 0 Å². The molecule has 0 atom stereocenters. The number of anilines is 1. The van der Waals surface area contributed by atoms with E-state index in [1.165, 1.54) is 18.2 Å². The minimum absolute atomic E-state index is 0.111. The van der Waals surface area contributed by atoms with E-state index >= 15 is 0 Å². The number of oxazole rings is 1.